The maximum Gasteiger partial charge on any atom is 0.344 e. The van der Waals surface area contributed by atoms with E-state index in [1.807, 2.05) is 62.4 Å². The van der Waals surface area contributed by atoms with Crippen molar-refractivity contribution in [1.82, 2.24) is 10.1 Å². The average molecular weight is 338 g/mol. The van der Waals surface area contributed by atoms with Crippen molar-refractivity contribution in [2.45, 2.75) is 20.5 Å². The molecule has 1 aromatic heterocycles. The van der Waals surface area contributed by atoms with Gasteiger partial charge in [-0.25, -0.2) is 4.79 Å². The van der Waals surface area contributed by atoms with E-state index in [0.29, 0.717) is 11.6 Å². The van der Waals surface area contributed by atoms with Crippen molar-refractivity contribution in [3.05, 3.63) is 65.5 Å². The molecular weight excluding hydrogens is 320 g/mol. The third-order valence-corrected chi connectivity index (χ3v) is 3.53. The highest BCUT2D eigenvalue weighted by Crippen LogP contribution is 2.19. The first-order chi connectivity index (χ1) is 12.1. The Balaban J connectivity index is 1.50. The number of aromatic nitrogens is 2. The van der Waals surface area contributed by atoms with Gasteiger partial charge in [-0.05, 0) is 25.5 Å². The lowest BCUT2D eigenvalue weighted by Crippen LogP contribution is -2.15. The number of esters is 1. The van der Waals surface area contributed by atoms with Crippen LogP contribution in [0.1, 0.15) is 17.0 Å². The molecule has 0 radical (unpaired) electrons. The predicted molar refractivity (Wildman–Crippen MR) is 90.9 cm³/mol. The van der Waals surface area contributed by atoms with Crippen LogP contribution in [0, 0.1) is 13.8 Å². The Hall–Kier alpha value is -3.15. The number of carbonyl (C=O) groups excluding carboxylic acids is 1. The zero-order chi connectivity index (χ0) is 17.6. The molecule has 6 nitrogen and oxygen atoms in total. The standard InChI is InChI=1S/C19H18N2O4/c1-13-8-9-16(14(2)10-13)23-12-18(22)24-11-17-20-19(21-25-17)15-6-4-3-5-7-15/h3-10H,11-12H2,1-2H3. The fraction of sp³-hybridized carbons (Fsp3) is 0.211. The summed E-state index contributed by atoms with van der Waals surface area (Å²) in [4.78, 5) is 16.0. The van der Waals surface area contributed by atoms with Crippen LogP contribution < -0.4 is 4.74 Å². The van der Waals surface area contributed by atoms with Gasteiger partial charge in [-0.2, -0.15) is 4.98 Å². The maximum absolute atomic E-state index is 11.8. The van der Waals surface area contributed by atoms with Crippen molar-refractivity contribution in [3.63, 3.8) is 0 Å². The van der Waals surface area contributed by atoms with Crippen LogP contribution in [0.3, 0.4) is 0 Å². The fourth-order valence-electron chi connectivity index (χ4n) is 2.30. The third-order valence-electron chi connectivity index (χ3n) is 3.53. The monoisotopic (exact) mass is 338 g/mol. The molecule has 6 heteroatoms. The van der Waals surface area contributed by atoms with E-state index in [4.69, 9.17) is 14.0 Å². The lowest BCUT2D eigenvalue weighted by Gasteiger charge is -2.08. The van der Waals surface area contributed by atoms with Crippen LogP contribution in [0.2, 0.25) is 0 Å². The number of hydrogen-bond donors (Lipinski definition) is 0. The van der Waals surface area contributed by atoms with Crippen LogP contribution in [-0.2, 0) is 16.1 Å². The van der Waals surface area contributed by atoms with Crippen molar-refractivity contribution in [2.24, 2.45) is 0 Å². The van der Waals surface area contributed by atoms with E-state index >= 15 is 0 Å². The highest BCUT2D eigenvalue weighted by Gasteiger charge is 2.12. The van der Waals surface area contributed by atoms with Gasteiger partial charge in [-0.1, -0.05) is 53.2 Å². The summed E-state index contributed by atoms with van der Waals surface area (Å²) in [5, 5.41) is 3.87. The van der Waals surface area contributed by atoms with E-state index in [1.165, 1.54) is 0 Å². The van der Waals surface area contributed by atoms with Crippen LogP contribution in [0.4, 0.5) is 0 Å². The predicted octanol–water partition coefficient (Wildman–Crippen LogP) is 3.48. The van der Waals surface area contributed by atoms with Gasteiger partial charge in [0.25, 0.3) is 5.89 Å². The quantitative estimate of drug-likeness (QED) is 0.641. The molecule has 0 fully saturated rings. The second-order valence-corrected chi connectivity index (χ2v) is 5.60. The maximum atomic E-state index is 11.8. The van der Waals surface area contributed by atoms with E-state index in [1.54, 1.807) is 0 Å². The molecular formula is C19H18N2O4. The number of ether oxygens (including phenoxy) is 2. The Morgan fingerprint density at radius 3 is 2.68 bits per heavy atom. The molecule has 0 aliphatic rings. The summed E-state index contributed by atoms with van der Waals surface area (Å²) in [5.41, 5.74) is 2.94. The van der Waals surface area contributed by atoms with Crippen molar-refractivity contribution >= 4 is 5.97 Å². The molecule has 128 valence electrons. The van der Waals surface area contributed by atoms with Crippen LogP contribution >= 0.6 is 0 Å². The van der Waals surface area contributed by atoms with Crippen molar-refractivity contribution < 1.29 is 18.8 Å². The lowest BCUT2D eigenvalue weighted by atomic mass is 10.1. The molecule has 0 aliphatic heterocycles. The molecule has 0 saturated heterocycles. The largest absolute Gasteiger partial charge is 0.482 e. The Bertz CT molecular complexity index is 859. The molecule has 3 rings (SSSR count). The van der Waals surface area contributed by atoms with Gasteiger partial charge in [0.15, 0.2) is 13.2 Å². The van der Waals surface area contributed by atoms with Gasteiger partial charge in [-0.15, -0.1) is 0 Å². The second kappa shape index (κ2) is 7.61. The highest BCUT2D eigenvalue weighted by atomic mass is 16.6. The summed E-state index contributed by atoms with van der Waals surface area (Å²) in [6, 6.07) is 15.2. The molecule has 0 bridgehead atoms. The molecule has 0 aliphatic carbocycles. The molecule has 0 N–H and O–H groups in total. The van der Waals surface area contributed by atoms with E-state index in [-0.39, 0.29) is 19.1 Å². The molecule has 2 aromatic carbocycles. The molecule has 0 spiro atoms. The number of nitrogens with zero attached hydrogens (tertiary/aromatic N) is 2. The second-order valence-electron chi connectivity index (χ2n) is 5.60. The van der Waals surface area contributed by atoms with Crippen molar-refractivity contribution in [1.29, 1.82) is 0 Å². The SMILES string of the molecule is Cc1ccc(OCC(=O)OCc2nc(-c3ccccc3)no2)c(C)c1. The number of carbonyl (C=O) groups is 1. The van der Waals surface area contributed by atoms with Gasteiger partial charge in [0.1, 0.15) is 5.75 Å². The first-order valence-electron chi connectivity index (χ1n) is 7.85. The first kappa shape index (κ1) is 16.7. The van der Waals surface area contributed by atoms with Crippen LogP contribution in [-0.4, -0.2) is 22.7 Å². The minimum absolute atomic E-state index is 0.0884. The van der Waals surface area contributed by atoms with Gasteiger partial charge >= 0.3 is 5.97 Å². The molecule has 0 unspecified atom stereocenters. The van der Waals surface area contributed by atoms with E-state index < -0.39 is 5.97 Å². The first-order valence-corrected chi connectivity index (χ1v) is 7.85. The molecule has 3 aromatic rings. The zero-order valence-corrected chi connectivity index (χ0v) is 14.1. The van der Waals surface area contributed by atoms with Gasteiger partial charge in [0, 0.05) is 5.56 Å². The lowest BCUT2D eigenvalue weighted by molar-refractivity contribution is -0.148. The Labute approximate surface area is 145 Å². The van der Waals surface area contributed by atoms with Crippen molar-refractivity contribution in [3.8, 4) is 17.1 Å². The highest BCUT2D eigenvalue weighted by molar-refractivity contribution is 5.71. The number of aryl methyl sites for hydroxylation is 2. The van der Waals surface area contributed by atoms with Gasteiger partial charge < -0.3 is 14.0 Å². The summed E-state index contributed by atoms with van der Waals surface area (Å²) < 4.78 is 15.7. The van der Waals surface area contributed by atoms with Gasteiger partial charge in [0.2, 0.25) is 5.82 Å². The Morgan fingerprint density at radius 2 is 1.92 bits per heavy atom. The smallest absolute Gasteiger partial charge is 0.344 e. The Kier molecular flexibility index (Phi) is 5.09. The summed E-state index contributed by atoms with van der Waals surface area (Å²) in [6.07, 6.45) is 0. The normalized spacial score (nSPS) is 10.5. The summed E-state index contributed by atoms with van der Waals surface area (Å²) in [6.45, 7) is 3.66. The molecule has 0 saturated carbocycles. The van der Waals surface area contributed by atoms with Crippen LogP contribution in [0.25, 0.3) is 11.4 Å². The fourth-order valence-corrected chi connectivity index (χ4v) is 2.30. The van der Waals surface area contributed by atoms with Gasteiger partial charge in [0.05, 0.1) is 0 Å². The number of rotatable bonds is 6. The minimum atomic E-state index is -0.501. The third kappa shape index (κ3) is 4.44. The molecule has 1 heterocycles. The molecule has 25 heavy (non-hydrogen) atoms. The van der Waals surface area contributed by atoms with E-state index in [9.17, 15) is 4.79 Å². The molecule has 0 amide bonds. The van der Waals surface area contributed by atoms with Gasteiger partial charge in [-0.3, -0.25) is 0 Å². The van der Waals surface area contributed by atoms with Crippen molar-refractivity contribution in [2.75, 3.05) is 6.61 Å². The van der Waals surface area contributed by atoms with Crippen LogP contribution in [0.5, 0.6) is 5.75 Å². The summed E-state index contributed by atoms with van der Waals surface area (Å²) >= 11 is 0. The summed E-state index contributed by atoms with van der Waals surface area (Å²) in [5.74, 6) is 0.850. The van der Waals surface area contributed by atoms with E-state index in [0.717, 1.165) is 16.7 Å². The van der Waals surface area contributed by atoms with E-state index in [2.05, 4.69) is 10.1 Å². The average Bonchev–Trinajstić information content (AvgIpc) is 3.09. The minimum Gasteiger partial charge on any atom is -0.482 e. The van der Waals surface area contributed by atoms with Crippen LogP contribution in [0.15, 0.2) is 53.1 Å². The Morgan fingerprint density at radius 1 is 1.12 bits per heavy atom. The topological polar surface area (TPSA) is 74.5 Å². The molecule has 0 atom stereocenters. The zero-order valence-electron chi connectivity index (χ0n) is 14.1. The number of hydrogen-bond acceptors (Lipinski definition) is 6. The number of benzene rings is 2. The summed E-state index contributed by atoms with van der Waals surface area (Å²) in [7, 11) is 0.